The lowest BCUT2D eigenvalue weighted by Crippen LogP contribution is -2.24. The number of benzene rings is 1. The van der Waals surface area contributed by atoms with Crippen molar-refractivity contribution in [2.75, 3.05) is 17.7 Å². The first-order valence-corrected chi connectivity index (χ1v) is 7.20. The van der Waals surface area contributed by atoms with Gasteiger partial charge in [0.15, 0.2) is 0 Å². The van der Waals surface area contributed by atoms with Gasteiger partial charge in [-0.3, -0.25) is 4.79 Å². The van der Waals surface area contributed by atoms with Gasteiger partial charge in [-0.15, -0.1) is 0 Å². The van der Waals surface area contributed by atoms with Crippen LogP contribution in [0.2, 0.25) is 5.02 Å². The molecule has 3 N–H and O–H groups in total. The van der Waals surface area contributed by atoms with E-state index in [2.05, 4.69) is 12.2 Å². The molecule has 0 bridgehead atoms. The highest BCUT2D eigenvalue weighted by Gasteiger charge is 2.15. The number of nitrogen functional groups attached to an aromatic ring is 1. The van der Waals surface area contributed by atoms with E-state index in [1.807, 2.05) is 13.8 Å². The Morgan fingerprint density at radius 1 is 1.45 bits per heavy atom. The fraction of sp³-hybridized carbons (Fsp3) is 0.533. The third-order valence-electron chi connectivity index (χ3n) is 3.18. The van der Waals surface area contributed by atoms with Gasteiger partial charge in [-0.25, -0.2) is 0 Å². The van der Waals surface area contributed by atoms with Crippen LogP contribution in [0.4, 0.5) is 11.4 Å². The van der Waals surface area contributed by atoms with Crippen LogP contribution in [0.1, 0.15) is 40.0 Å². The van der Waals surface area contributed by atoms with E-state index in [9.17, 15) is 4.79 Å². The number of carbonyl (C=O) groups excluding carboxylic acids is 1. The second-order valence-corrected chi connectivity index (χ2v) is 5.78. The minimum absolute atomic E-state index is 0.0862. The molecule has 0 aromatic heterocycles. The third kappa shape index (κ3) is 5.80. The van der Waals surface area contributed by atoms with Crippen molar-refractivity contribution in [1.82, 2.24) is 0 Å². The number of hydrogen-bond donors (Lipinski definition) is 2. The summed E-state index contributed by atoms with van der Waals surface area (Å²) in [5.74, 6) is -0.0862. The Labute approximate surface area is 125 Å². The number of nitrogens with two attached hydrogens (primary N) is 1. The molecule has 1 aromatic carbocycles. The molecule has 0 aliphatic rings. The van der Waals surface area contributed by atoms with E-state index in [0.717, 1.165) is 6.42 Å². The van der Waals surface area contributed by atoms with E-state index in [1.54, 1.807) is 18.2 Å². The fourth-order valence-electron chi connectivity index (χ4n) is 1.53. The number of nitrogens with one attached hydrogen (secondary N) is 1. The van der Waals surface area contributed by atoms with Crippen LogP contribution >= 0.6 is 11.6 Å². The molecular weight excluding hydrogens is 276 g/mol. The maximum Gasteiger partial charge on any atom is 0.224 e. The largest absolute Gasteiger partial charge is 0.397 e. The maximum absolute atomic E-state index is 11.8. The number of halogens is 1. The zero-order valence-electron chi connectivity index (χ0n) is 12.3. The van der Waals surface area contributed by atoms with E-state index in [1.165, 1.54) is 0 Å². The van der Waals surface area contributed by atoms with Crippen LogP contribution < -0.4 is 11.1 Å². The Morgan fingerprint density at radius 2 is 2.15 bits per heavy atom. The number of anilines is 2. The molecule has 5 heteroatoms. The zero-order valence-corrected chi connectivity index (χ0v) is 13.1. The summed E-state index contributed by atoms with van der Waals surface area (Å²) in [5, 5.41) is 3.30. The van der Waals surface area contributed by atoms with Gasteiger partial charge >= 0.3 is 0 Å². The van der Waals surface area contributed by atoms with Gasteiger partial charge in [0.25, 0.3) is 0 Å². The molecule has 0 unspecified atom stereocenters. The average molecular weight is 299 g/mol. The van der Waals surface area contributed by atoms with Crippen LogP contribution in [0.15, 0.2) is 18.2 Å². The van der Waals surface area contributed by atoms with Gasteiger partial charge in [-0.05, 0) is 44.9 Å². The summed E-state index contributed by atoms with van der Waals surface area (Å²) in [4.78, 5) is 11.8. The molecule has 0 heterocycles. The number of rotatable bonds is 7. The second-order valence-electron chi connectivity index (χ2n) is 5.35. The molecule has 1 aromatic rings. The Kier molecular flexibility index (Phi) is 6.30. The normalized spacial score (nSPS) is 11.4. The molecule has 112 valence electrons. The summed E-state index contributed by atoms with van der Waals surface area (Å²) >= 11 is 5.87. The third-order valence-corrected chi connectivity index (χ3v) is 3.42. The van der Waals surface area contributed by atoms with Crippen molar-refractivity contribution < 1.29 is 9.53 Å². The molecule has 0 spiro atoms. The Morgan fingerprint density at radius 3 is 2.80 bits per heavy atom. The van der Waals surface area contributed by atoms with Gasteiger partial charge in [0.05, 0.1) is 17.0 Å². The zero-order chi connectivity index (χ0) is 15.2. The Hall–Kier alpha value is -1.26. The van der Waals surface area contributed by atoms with Crippen molar-refractivity contribution in [1.29, 1.82) is 0 Å². The lowest BCUT2D eigenvalue weighted by Gasteiger charge is -2.23. The van der Waals surface area contributed by atoms with Gasteiger partial charge in [-0.2, -0.15) is 0 Å². The SMILES string of the molecule is CCC(C)(C)OCCCC(=O)Nc1cc(Cl)ccc1N. The molecule has 0 aliphatic carbocycles. The predicted octanol–water partition coefficient (Wildman–Crippen LogP) is 3.85. The summed E-state index contributed by atoms with van der Waals surface area (Å²) in [6.07, 6.45) is 2.01. The van der Waals surface area contributed by atoms with E-state index in [0.29, 0.717) is 35.8 Å². The molecule has 20 heavy (non-hydrogen) atoms. The number of amides is 1. The van der Waals surface area contributed by atoms with E-state index >= 15 is 0 Å². The molecule has 0 fully saturated rings. The van der Waals surface area contributed by atoms with Crippen LogP contribution in [-0.4, -0.2) is 18.1 Å². The highest BCUT2D eigenvalue weighted by atomic mass is 35.5. The van der Waals surface area contributed by atoms with Crippen LogP contribution in [0.5, 0.6) is 0 Å². The maximum atomic E-state index is 11.8. The minimum Gasteiger partial charge on any atom is -0.397 e. The van der Waals surface area contributed by atoms with Crippen LogP contribution in [0.3, 0.4) is 0 Å². The molecule has 0 saturated heterocycles. The van der Waals surface area contributed by atoms with Gasteiger partial charge in [-0.1, -0.05) is 18.5 Å². The van der Waals surface area contributed by atoms with Crippen LogP contribution in [0, 0.1) is 0 Å². The smallest absolute Gasteiger partial charge is 0.224 e. The first kappa shape index (κ1) is 16.8. The van der Waals surface area contributed by atoms with Crippen LogP contribution in [-0.2, 0) is 9.53 Å². The van der Waals surface area contributed by atoms with Gasteiger partial charge in [0.2, 0.25) is 5.91 Å². The molecule has 0 radical (unpaired) electrons. The standard InChI is InChI=1S/C15H23ClN2O2/c1-4-15(2,3)20-9-5-6-14(19)18-13-10-11(16)7-8-12(13)17/h7-8,10H,4-6,9,17H2,1-3H3,(H,18,19). The average Bonchev–Trinajstić information content (AvgIpc) is 2.39. The Bertz CT molecular complexity index is 461. The first-order chi connectivity index (χ1) is 9.34. The highest BCUT2D eigenvalue weighted by Crippen LogP contribution is 2.23. The highest BCUT2D eigenvalue weighted by molar-refractivity contribution is 6.31. The van der Waals surface area contributed by atoms with Crippen molar-refractivity contribution >= 4 is 28.9 Å². The monoisotopic (exact) mass is 298 g/mol. The summed E-state index contributed by atoms with van der Waals surface area (Å²) in [6.45, 7) is 6.73. The summed E-state index contributed by atoms with van der Waals surface area (Å²) in [6, 6.07) is 5.00. The Balaban J connectivity index is 2.36. The minimum atomic E-state index is -0.131. The molecule has 0 atom stereocenters. The molecule has 1 rings (SSSR count). The van der Waals surface area contributed by atoms with E-state index < -0.39 is 0 Å². The quantitative estimate of drug-likeness (QED) is 0.593. The van der Waals surface area contributed by atoms with Crippen molar-refractivity contribution in [3.05, 3.63) is 23.2 Å². The second kappa shape index (κ2) is 7.50. The van der Waals surface area contributed by atoms with E-state index in [4.69, 9.17) is 22.1 Å². The van der Waals surface area contributed by atoms with Gasteiger partial charge in [0.1, 0.15) is 0 Å². The topological polar surface area (TPSA) is 64.3 Å². The van der Waals surface area contributed by atoms with E-state index in [-0.39, 0.29) is 11.5 Å². The lowest BCUT2D eigenvalue weighted by atomic mass is 10.1. The van der Waals surface area contributed by atoms with Gasteiger partial charge < -0.3 is 15.8 Å². The molecular formula is C15H23ClN2O2. The number of ether oxygens (including phenoxy) is 1. The van der Waals surface area contributed by atoms with Crippen molar-refractivity contribution in [3.63, 3.8) is 0 Å². The predicted molar refractivity (Wildman–Crippen MR) is 84.1 cm³/mol. The fourth-order valence-corrected chi connectivity index (χ4v) is 1.70. The number of carbonyl (C=O) groups is 1. The van der Waals surface area contributed by atoms with Gasteiger partial charge in [0, 0.05) is 18.1 Å². The first-order valence-electron chi connectivity index (χ1n) is 6.83. The van der Waals surface area contributed by atoms with Crippen molar-refractivity contribution in [2.24, 2.45) is 0 Å². The molecule has 0 saturated carbocycles. The molecule has 0 aliphatic heterocycles. The molecule has 4 nitrogen and oxygen atoms in total. The number of hydrogen-bond acceptors (Lipinski definition) is 3. The summed E-state index contributed by atoms with van der Waals surface area (Å²) in [5.41, 5.74) is 6.70. The molecule has 1 amide bonds. The summed E-state index contributed by atoms with van der Waals surface area (Å²) in [7, 11) is 0. The van der Waals surface area contributed by atoms with Crippen molar-refractivity contribution in [2.45, 2.75) is 45.6 Å². The summed E-state index contributed by atoms with van der Waals surface area (Å²) < 4.78 is 5.70. The lowest BCUT2D eigenvalue weighted by molar-refractivity contribution is -0.117. The van der Waals surface area contributed by atoms with Crippen molar-refractivity contribution in [3.8, 4) is 0 Å². The van der Waals surface area contributed by atoms with Crippen LogP contribution in [0.25, 0.3) is 0 Å².